The maximum atomic E-state index is 12.0. The number of allylic oxidation sites excluding steroid dienone is 1. The highest BCUT2D eigenvalue weighted by Crippen LogP contribution is 2.50. The lowest BCUT2D eigenvalue weighted by atomic mass is 10.4. The van der Waals surface area contributed by atoms with Crippen LogP contribution in [0.2, 0.25) is 0 Å². The Labute approximate surface area is 97.8 Å². The molecule has 0 saturated carbocycles. The van der Waals surface area contributed by atoms with E-state index in [1.54, 1.807) is 6.07 Å². The van der Waals surface area contributed by atoms with Gasteiger partial charge in [0.25, 0.3) is 0 Å². The number of nitrogens with zero attached hydrogens (tertiary/aromatic N) is 1. The summed E-state index contributed by atoms with van der Waals surface area (Å²) in [7, 11) is -3.20. The first-order valence-corrected chi connectivity index (χ1v) is 7.25. The van der Waals surface area contributed by atoms with Crippen molar-refractivity contribution in [1.29, 1.82) is 5.26 Å². The van der Waals surface area contributed by atoms with Crippen LogP contribution in [0.5, 0.6) is 0 Å². The van der Waals surface area contributed by atoms with Crippen LogP contribution in [-0.4, -0.2) is 13.2 Å². The average Bonchev–Trinajstić information content (AvgIpc) is 2.27. The summed E-state index contributed by atoms with van der Waals surface area (Å²) in [6.45, 7) is 4.85. The van der Waals surface area contributed by atoms with Crippen molar-refractivity contribution in [3.8, 4) is 6.07 Å². The molecule has 0 N–H and O–H groups in total. The largest absolute Gasteiger partial charge is 0.354 e. The quantitative estimate of drug-likeness (QED) is 0.351. The molecule has 0 aliphatic carbocycles. The topological polar surface area (TPSA) is 59.3 Å². The van der Waals surface area contributed by atoms with Crippen LogP contribution >= 0.6 is 7.60 Å². The van der Waals surface area contributed by atoms with Crippen LogP contribution in [0.4, 0.5) is 0 Å². The number of nitriles is 1. The van der Waals surface area contributed by atoms with E-state index in [4.69, 9.17) is 14.3 Å². The maximum Gasteiger partial charge on any atom is 0.354 e. The number of unbranched alkanes of at least 4 members (excludes halogenated alkanes) is 2. The molecule has 0 saturated heterocycles. The SMILES string of the molecule is CCCCOP(=O)(C=CC#N)OCCCC. The van der Waals surface area contributed by atoms with Gasteiger partial charge in [-0.15, -0.1) is 0 Å². The van der Waals surface area contributed by atoms with Crippen molar-refractivity contribution in [2.75, 3.05) is 13.2 Å². The highest BCUT2D eigenvalue weighted by Gasteiger charge is 2.19. The normalized spacial score (nSPS) is 11.8. The van der Waals surface area contributed by atoms with Crippen LogP contribution in [-0.2, 0) is 13.6 Å². The molecule has 0 aromatic heterocycles. The van der Waals surface area contributed by atoms with Gasteiger partial charge in [-0.25, -0.2) is 0 Å². The summed E-state index contributed by atoms with van der Waals surface area (Å²) < 4.78 is 22.5. The second-order valence-corrected chi connectivity index (χ2v) is 5.25. The fraction of sp³-hybridized carbons (Fsp3) is 0.727. The standard InChI is InChI=1S/C11H20NO3P/c1-3-5-9-14-16(13,11-7-8-12)15-10-6-4-2/h7,11H,3-6,9-10H2,1-2H3. The third-order valence-corrected chi connectivity index (χ3v) is 3.47. The van der Waals surface area contributed by atoms with Crippen LogP contribution in [0.25, 0.3) is 0 Å². The van der Waals surface area contributed by atoms with E-state index < -0.39 is 7.60 Å². The molecule has 0 unspecified atom stereocenters. The van der Waals surface area contributed by atoms with Crippen LogP contribution in [0.1, 0.15) is 39.5 Å². The molecule has 5 heteroatoms. The highest BCUT2D eigenvalue weighted by atomic mass is 31.2. The Morgan fingerprint density at radius 2 is 1.69 bits per heavy atom. The van der Waals surface area contributed by atoms with E-state index in [1.165, 1.54) is 5.82 Å². The van der Waals surface area contributed by atoms with Crippen molar-refractivity contribution in [1.82, 2.24) is 0 Å². The number of hydrogen-bond donors (Lipinski definition) is 0. The third kappa shape index (κ3) is 7.64. The summed E-state index contributed by atoms with van der Waals surface area (Å²) in [5.74, 6) is 1.23. The molecule has 0 aliphatic rings. The zero-order chi connectivity index (χ0) is 12.3. The van der Waals surface area contributed by atoms with Gasteiger partial charge in [0.05, 0.1) is 19.3 Å². The summed E-state index contributed by atoms with van der Waals surface area (Å²) in [4.78, 5) is 0. The highest BCUT2D eigenvalue weighted by molar-refractivity contribution is 7.57. The molecular formula is C11H20NO3P. The van der Waals surface area contributed by atoms with Crippen molar-refractivity contribution in [2.45, 2.75) is 39.5 Å². The number of rotatable bonds is 9. The zero-order valence-electron chi connectivity index (χ0n) is 10.0. The summed E-state index contributed by atoms with van der Waals surface area (Å²) in [5, 5.41) is 8.40. The first-order valence-electron chi connectivity index (χ1n) is 5.64. The van der Waals surface area contributed by atoms with Gasteiger partial charge in [0.15, 0.2) is 0 Å². The van der Waals surface area contributed by atoms with Crippen molar-refractivity contribution >= 4 is 7.60 Å². The monoisotopic (exact) mass is 245 g/mol. The molecule has 0 aromatic carbocycles. The van der Waals surface area contributed by atoms with Gasteiger partial charge in [-0.05, 0) is 12.8 Å². The van der Waals surface area contributed by atoms with E-state index in [9.17, 15) is 4.57 Å². The Hall–Kier alpha value is -0.620. The Bertz CT molecular complexity index is 269. The molecule has 16 heavy (non-hydrogen) atoms. The maximum absolute atomic E-state index is 12.0. The average molecular weight is 245 g/mol. The predicted octanol–water partition coefficient (Wildman–Crippen LogP) is 3.85. The van der Waals surface area contributed by atoms with E-state index >= 15 is 0 Å². The summed E-state index contributed by atoms with van der Waals surface area (Å²) in [6.07, 6.45) is 4.76. The molecule has 4 nitrogen and oxygen atoms in total. The summed E-state index contributed by atoms with van der Waals surface area (Å²) in [6, 6.07) is 1.79. The molecular weight excluding hydrogens is 225 g/mol. The van der Waals surface area contributed by atoms with Crippen LogP contribution < -0.4 is 0 Å². The molecule has 0 heterocycles. The van der Waals surface area contributed by atoms with E-state index in [0.29, 0.717) is 13.2 Å². The predicted molar refractivity (Wildman–Crippen MR) is 64.1 cm³/mol. The van der Waals surface area contributed by atoms with E-state index in [0.717, 1.165) is 31.8 Å². The molecule has 92 valence electrons. The molecule has 0 spiro atoms. The lowest BCUT2D eigenvalue weighted by Gasteiger charge is -2.14. The summed E-state index contributed by atoms with van der Waals surface area (Å²) in [5.41, 5.74) is 0. The Morgan fingerprint density at radius 3 is 2.06 bits per heavy atom. The third-order valence-electron chi connectivity index (χ3n) is 1.87. The van der Waals surface area contributed by atoms with Crippen molar-refractivity contribution in [2.24, 2.45) is 0 Å². The fourth-order valence-corrected chi connectivity index (χ4v) is 2.18. The minimum Gasteiger partial charge on any atom is -0.306 e. The lowest BCUT2D eigenvalue weighted by molar-refractivity contribution is 0.207. The van der Waals surface area contributed by atoms with Gasteiger partial charge in [-0.1, -0.05) is 26.7 Å². The Balaban J connectivity index is 4.20. The number of hydrogen-bond acceptors (Lipinski definition) is 4. The molecule has 0 fully saturated rings. The molecule has 0 aliphatic heterocycles. The van der Waals surface area contributed by atoms with Gasteiger partial charge in [-0.2, -0.15) is 5.26 Å². The Morgan fingerprint density at radius 1 is 1.19 bits per heavy atom. The van der Waals surface area contributed by atoms with E-state index in [2.05, 4.69) is 0 Å². The van der Waals surface area contributed by atoms with Crippen LogP contribution in [0.3, 0.4) is 0 Å². The van der Waals surface area contributed by atoms with Gasteiger partial charge in [0.2, 0.25) is 0 Å². The molecule has 0 aromatic rings. The molecule has 0 atom stereocenters. The van der Waals surface area contributed by atoms with Gasteiger partial charge in [0.1, 0.15) is 0 Å². The Kier molecular flexibility index (Phi) is 9.22. The first-order chi connectivity index (χ1) is 7.68. The smallest absolute Gasteiger partial charge is 0.306 e. The summed E-state index contributed by atoms with van der Waals surface area (Å²) >= 11 is 0. The second kappa shape index (κ2) is 9.59. The van der Waals surface area contributed by atoms with Crippen molar-refractivity contribution in [3.05, 3.63) is 11.9 Å². The van der Waals surface area contributed by atoms with Gasteiger partial charge < -0.3 is 9.05 Å². The first kappa shape index (κ1) is 15.4. The molecule has 0 amide bonds. The van der Waals surface area contributed by atoms with Crippen LogP contribution in [0.15, 0.2) is 11.9 Å². The fourth-order valence-electron chi connectivity index (χ4n) is 0.920. The van der Waals surface area contributed by atoms with Crippen molar-refractivity contribution in [3.63, 3.8) is 0 Å². The molecule has 0 radical (unpaired) electrons. The van der Waals surface area contributed by atoms with Crippen molar-refractivity contribution < 1.29 is 13.6 Å². The van der Waals surface area contributed by atoms with Gasteiger partial charge in [-0.3, -0.25) is 4.57 Å². The second-order valence-electron chi connectivity index (χ2n) is 3.36. The van der Waals surface area contributed by atoms with E-state index in [-0.39, 0.29) is 0 Å². The van der Waals surface area contributed by atoms with Crippen LogP contribution in [0, 0.1) is 11.3 Å². The van der Waals surface area contributed by atoms with Gasteiger partial charge in [0, 0.05) is 11.9 Å². The van der Waals surface area contributed by atoms with Gasteiger partial charge >= 0.3 is 7.60 Å². The molecule has 0 bridgehead atoms. The minimum absolute atomic E-state index is 0.398. The molecule has 0 rings (SSSR count). The minimum atomic E-state index is -3.20. The van der Waals surface area contributed by atoms with E-state index in [1.807, 2.05) is 13.8 Å². The zero-order valence-corrected chi connectivity index (χ0v) is 10.9. The lowest BCUT2D eigenvalue weighted by Crippen LogP contribution is -1.97.